The molecule has 0 saturated carbocycles. The van der Waals surface area contributed by atoms with E-state index in [4.69, 9.17) is 5.84 Å². The van der Waals surface area contributed by atoms with Crippen LogP contribution in [0.15, 0.2) is 10.5 Å². The lowest BCUT2D eigenvalue weighted by atomic mass is 9.97. The minimum absolute atomic E-state index is 0.837. The first kappa shape index (κ1) is 13.4. The van der Waals surface area contributed by atoms with Crippen LogP contribution in [0.3, 0.4) is 0 Å². The fraction of sp³-hybridized carbons (Fsp3) is 0.857. The third-order valence-corrected chi connectivity index (χ3v) is 5.58. The Labute approximate surface area is 110 Å². The molecule has 2 N–H and O–H groups in total. The molecule has 2 aliphatic rings. The first-order chi connectivity index (χ1) is 8.19. The SMILES string of the molecule is CCC(C)CC1CCCC2=C(CN(N)CC2)S1. The first-order valence-corrected chi connectivity index (χ1v) is 7.94. The molecule has 0 aliphatic carbocycles. The van der Waals surface area contributed by atoms with Crippen molar-refractivity contribution in [2.24, 2.45) is 11.8 Å². The number of hydrogen-bond donors (Lipinski definition) is 1. The largest absolute Gasteiger partial charge is 0.268 e. The van der Waals surface area contributed by atoms with E-state index in [1.54, 1.807) is 10.5 Å². The van der Waals surface area contributed by atoms with Crippen molar-refractivity contribution < 1.29 is 0 Å². The minimum atomic E-state index is 0.837. The van der Waals surface area contributed by atoms with Crippen LogP contribution in [0.25, 0.3) is 0 Å². The van der Waals surface area contributed by atoms with Gasteiger partial charge in [0.1, 0.15) is 0 Å². The van der Waals surface area contributed by atoms with Crippen LogP contribution in [-0.4, -0.2) is 23.3 Å². The molecule has 2 nitrogen and oxygen atoms in total. The van der Waals surface area contributed by atoms with Crippen molar-refractivity contribution >= 4 is 11.8 Å². The van der Waals surface area contributed by atoms with E-state index in [-0.39, 0.29) is 0 Å². The van der Waals surface area contributed by atoms with Crippen molar-refractivity contribution in [3.8, 4) is 0 Å². The van der Waals surface area contributed by atoms with Crippen LogP contribution in [0.4, 0.5) is 0 Å². The summed E-state index contributed by atoms with van der Waals surface area (Å²) in [5.74, 6) is 6.82. The Morgan fingerprint density at radius 2 is 2.29 bits per heavy atom. The van der Waals surface area contributed by atoms with Crippen LogP contribution in [-0.2, 0) is 0 Å². The molecule has 0 fully saturated rings. The maximum absolute atomic E-state index is 5.95. The zero-order chi connectivity index (χ0) is 12.3. The maximum atomic E-state index is 5.95. The summed E-state index contributed by atoms with van der Waals surface area (Å²) in [5, 5.41) is 2.82. The lowest BCUT2D eigenvalue weighted by Crippen LogP contribution is -2.36. The monoisotopic (exact) mass is 254 g/mol. The zero-order valence-corrected chi connectivity index (χ0v) is 12.1. The Balaban J connectivity index is 1.98. The van der Waals surface area contributed by atoms with E-state index in [1.165, 1.54) is 38.5 Å². The van der Waals surface area contributed by atoms with Crippen LogP contribution in [0.5, 0.6) is 0 Å². The number of hydrazine groups is 1. The zero-order valence-electron chi connectivity index (χ0n) is 11.2. The summed E-state index contributed by atoms with van der Waals surface area (Å²) in [6.07, 6.45) is 8.00. The molecule has 0 amide bonds. The molecule has 0 radical (unpaired) electrons. The van der Waals surface area contributed by atoms with Gasteiger partial charge in [0.2, 0.25) is 0 Å². The summed E-state index contributed by atoms with van der Waals surface area (Å²) in [6.45, 7) is 6.74. The molecular weight excluding hydrogens is 228 g/mol. The van der Waals surface area contributed by atoms with Crippen molar-refractivity contribution in [3.63, 3.8) is 0 Å². The third kappa shape index (κ3) is 3.73. The minimum Gasteiger partial charge on any atom is -0.268 e. The summed E-state index contributed by atoms with van der Waals surface area (Å²) < 4.78 is 0. The normalized spacial score (nSPS) is 28.8. The molecule has 17 heavy (non-hydrogen) atoms. The van der Waals surface area contributed by atoms with Gasteiger partial charge in [-0.25, -0.2) is 5.01 Å². The smallest absolute Gasteiger partial charge is 0.0438 e. The highest BCUT2D eigenvalue weighted by Crippen LogP contribution is 2.39. The molecule has 2 heterocycles. The molecule has 98 valence electrons. The molecule has 3 heteroatoms. The first-order valence-electron chi connectivity index (χ1n) is 7.06. The quantitative estimate of drug-likeness (QED) is 0.781. The molecule has 2 atom stereocenters. The highest BCUT2D eigenvalue weighted by atomic mass is 32.2. The van der Waals surface area contributed by atoms with E-state index in [1.807, 2.05) is 5.01 Å². The predicted octanol–water partition coefficient (Wildman–Crippen LogP) is 3.54. The Morgan fingerprint density at radius 1 is 1.47 bits per heavy atom. The number of nitrogens with two attached hydrogens (primary N) is 1. The molecule has 0 aromatic carbocycles. The van der Waals surface area contributed by atoms with E-state index in [0.717, 1.165) is 24.3 Å². The van der Waals surface area contributed by atoms with Crippen molar-refractivity contribution in [1.29, 1.82) is 0 Å². The van der Waals surface area contributed by atoms with Crippen LogP contribution in [0.2, 0.25) is 0 Å². The third-order valence-electron chi connectivity index (χ3n) is 4.12. The maximum Gasteiger partial charge on any atom is 0.0438 e. The molecule has 2 unspecified atom stereocenters. The molecule has 0 saturated heterocycles. The molecular formula is C14H26N2S. The number of rotatable bonds is 3. The van der Waals surface area contributed by atoms with Gasteiger partial charge in [-0.2, -0.15) is 0 Å². The van der Waals surface area contributed by atoms with Crippen LogP contribution >= 0.6 is 11.8 Å². The van der Waals surface area contributed by atoms with Crippen LogP contribution in [0, 0.1) is 5.92 Å². The predicted molar refractivity (Wildman–Crippen MR) is 76.7 cm³/mol. The van der Waals surface area contributed by atoms with E-state index in [9.17, 15) is 0 Å². The van der Waals surface area contributed by atoms with Gasteiger partial charge < -0.3 is 0 Å². The van der Waals surface area contributed by atoms with Gasteiger partial charge in [-0.05, 0) is 42.9 Å². The Kier molecular flexibility index (Phi) is 4.95. The van der Waals surface area contributed by atoms with Crippen molar-refractivity contribution in [1.82, 2.24) is 5.01 Å². The summed E-state index contributed by atoms with van der Waals surface area (Å²) in [6, 6.07) is 0. The van der Waals surface area contributed by atoms with E-state index in [0.29, 0.717) is 0 Å². The van der Waals surface area contributed by atoms with Gasteiger partial charge in [0.05, 0.1) is 0 Å². The van der Waals surface area contributed by atoms with Gasteiger partial charge >= 0.3 is 0 Å². The molecule has 0 aromatic rings. The average Bonchev–Trinajstić information content (AvgIpc) is 2.50. The van der Waals surface area contributed by atoms with E-state index in [2.05, 4.69) is 25.6 Å². The van der Waals surface area contributed by atoms with Gasteiger partial charge in [0.25, 0.3) is 0 Å². The fourth-order valence-corrected chi connectivity index (χ4v) is 4.49. The summed E-state index contributed by atoms with van der Waals surface area (Å²) in [7, 11) is 0. The lowest BCUT2D eigenvalue weighted by Gasteiger charge is -2.27. The second-order valence-electron chi connectivity index (χ2n) is 5.63. The van der Waals surface area contributed by atoms with Gasteiger partial charge in [-0.1, -0.05) is 25.8 Å². The van der Waals surface area contributed by atoms with Gasteiger partial charge in [0, 0.05) is 18.3 Å². The highest BCUT2D eigenvalue weighted by Gasteiger charge is 2.24. The molecule has 2 rings (SSSR count). The Hall–Kier alpha value is 0.0100. The van der Waals surface area contributed by atoms with Crippen molar-refractivity contribution in [3.05, 3.63) is 10.5 Å². The number of nitrogens with zero attached hydrogens (tertiary/aromatic N) is 1. The summed E-state index contributed by atoms with van der Waals surface area (Å²) >= 11 is 2.14. The molecule has 0 spiro atoms. The topological polar surface area (TPSA) is 29.3 Å². The van der Waals surface area contributed by atoms with E-state index >= 15 is 0 Å². The fourth-order valence-electron chi connectivity index (χ4n) is 2.76. The summed E-state index contributed by atoms with van der Waals surface area (Å²) in [4.78, 5) is 1.60. The van der Waals surface area contributed by atoms with Crippen molar-refractivity contribution in [2.45, 2.75) is 57.6 Å². The van der Waals surface area contributed by atoms with Crippen LogP contribution in [0.1, 0.15) is 52.4 Å². The van der Waals surface area contributed by atoms with Crippen LogP contribution < -0.4 is 5.84 Å². The van der Waals surface area contributed by atoms with Crippen molar-refractivity contribution in [2.75, 3.05) is 13.1 Å². The molecule has 0 aromatic heterocycles. The van der Waals surface area contributed by atoms with Gasteiger partial charge in [-0.15, -0.1) is 11.8 Å². The average molecular weight is 254 g/mol. The second-order valence-corrected chi connectivity index (χ2v) is 7.02. The number of hydrogen-bond acceptors (Lipinski definition) is 3. The second kappa shape index (κ2) is 6.26. The van der Waals surface area contributed by atoms with Gasteiger partial charge in [-0.3, -0.25) is 5.84 Å². The molecule has 2 aliphatic heterocycles. The Morgan fingerprint density at radius 3 is 3.06 bits per heavy atom. The standard InChI is InChI=1S/C14H26N2S/c1-3-11(2)9-13-6-4-5-12-7-8-16(15)10-14(12)17-13/h11,13H,3-10,15H2,1-2H3. The Bertz CT molecular complexity index is 288. The molecule has 0 bridgehead atoms. The van der Waals surface area contributed by atoms with E-state index < -0.39 is 0 Å². The lowest BCUT2D eigenvalue weighted by molar-refractivity contribution is 0.300. The highest BCUT2D eigenvalue weighted by molar-refractivity contribution is 8.03. The van der Waals surface area contributed by atoms with Gasteiger partial charge in [0.15, 0.2) is 0 Å². The summed E-state index contributed by atoms with van der Waals surface area (Å²) in [5.41, 5.74) is 1.71. The number of thioether (sulfide) groups is 1.